The van der Waals surface area contributed by atoms with Crippen LogP contribution in [0.3, 0.4) is 0 Å². The Morgan fingerprint density at radius 1 is 0.488 bits per heavy atom. The van der Waals surface area contributed by atoms with Crippen LogP contribution in [0.5, 0.6) is 0 Å². The van der Waals surface area contributed by atoms with Gasteiger partial charge in [-0.3, -0.25) is 0 Å². The van der Waals surface area contributed by atoms with Gasteiger partial charge in [-0.2, -0.15) is 10.5 Å². The van der Waals surface area contributed by atoms with Gasteiger partial charge in [-0.25, -0.2) is 15.0 Å². The van der Waals surface area contributed by atoms with E-state index in [0.29, 0.717) is 34.3 Å². The molecule has 0 aliphatic heterocycles. The standard InChI is InChI=1S/C35H20N6/c36-21-23-15-18-31-29(19-23)28-13-7-8-14-30(28)41(31)32-20-26(16-17-27(32)22-37)35-39-33(24-9-3-1-4-10-24)38-34(40-35)25-11-5-2-6-12-25/h1-20H. The van der Waals surface area contributed by atoms with E-state index < -0.39 is 0 Å². The SMILES string of the molecule is N#Cc1ccc2c(c1)c1ccccc1n2-c1cc(-c2nc(-c3ccccc3)nc(-c3ccccc3)n2)ccc1C#N. The van der Waals surface area contributed by atoms with E-state index in [2.05, 4.69) is 16.7 Å². The Hall–Kier alpha value is -6.11. The highest BCUT2D eigenvalue weighted by Gasteiger charge is 2.18. The highest BCUT2D eigenvalue weighted by Crippen LogP contribution is 2.35. The number of fused-ring (bicyclic) bond motifs is 3. The zero-order chi connectivity index (χ0) is 27.8. The largest absolute Gasteiger partial charge is 0.308 e. The molecule has 0 atom stereocenters. The van der Waals surface area contributed by atoms with Crippen molar-refractivity contribution in [1.82, 2.24) is 19.5 Å². The second kappa shape index (κ2) is 9.89. The van der Waals surface area contributed by atoms with Crippen molar-refractivity contribution in [1.29, 1.82) is 10.5 Å². The second-order valence-electron chi connectivity index (χ2n) is 9.58. The van der Waals surface area contributed by atoms with E-state index in [9.17, 15) is 10.5 Å². The fourth-order valence-electron chi connectivity index (χ4n) is 5.19. The molecule has 0 bridgehead atoms. The summed E-state index contributed by atoms with van der Waals surface area (Å²) in [4.78, 5) is 14.5. The number of para-hydroxylation sites is 1. The monoisotopic (exact) mass is 524 g/mol. The van der Waals surface area contributed by atoms with Gasteiger partial charge in [-0.1, -0.05) is 78.9 Å². The molecule has 6 nitrogen and oxygen atoms in total. The molecule has 0 radical (unpaired) electrons. The summed E-state index contributed by atoms with van der Waals surface area (Å²) < 4.78 is 2.07. The van der Waals surface area contributed by atoms with E-state index >= 15 is 0 Å². The van der Waals surface area contributed by atoms with Crippen LogP contribution >= 0.6 is 0 Å². The zero-order valence-electron chi connectivity index (χ0n) is 21.7. The summed E-state index contributed by atoms with van der Waals surface area (Å²) in [7, 11) is 0. The first-order valence-corrected chi connectivity index (χ1v) is 13.1. The van der Waals surface area contributed by atoms with Crippen molar-refractivity contribution >= 4 is 21.8 Å². The van der Waals surface area contributed by atoms with Crippen molar-refractivity contribution in [3.63, 3.8) is 0 Å². The van der Waals surface area contributed by atoms with E-state index in [1.54, 1.807) is 6.07 Å². The summed E-state index contributed by atoms with van der Waals surface area (Å²) in [5.74, 6) is 1.65. The topological polar surface area (TPSA) is 91.2 Å². The molecule has 0 aliphatic rings. The first-order chi connectivity index (χ1) is 20.2. The van der Waals surface area contributed by atoms with Crippen LogP contribution in [-0.2, 0) is 0 Å². The normalized spacial score (nSPS) is 10.9. The van der Waals surface area contributed by atoms with Crippen molar-refractivity contribution in [2.75, 3.05) is 0 Å². The predicted octanol–water partition coefficient (Wildman–Crippen LogP) is 7.71. The van der Waals surface area contributed by atoms with Crippen LogP contribution in [-0.4, -0.2) is 19.5 Å². The first-order valence-electron chi connectivity index (χ1n) is 13.1. The van der Waals surface area contributed by atoms with Gasteiger partial charge in [0.2, 0.25) is 0 Å². The minimum absolute atomic E-state index is 0.510. The molecule has 7 aromatic rings. The maximum atomic E-state index is 10.1. The van der Waals surface area contributed by atoms with E-state index in [0.717, 1.165) is 38.5 Å². The summed E-state index contributed by atoms with van der Waals surface area (Å²) >= 11 is 0. The Labute approximate surface area is 236 Å². The van der Waals surface area contributed by atoms with E-state index in [1.165, 1.54) is 0 Å². The first kappa shape index (κ1) is 24.0. The van der Waals surface area contributed by atoms with Crippen LogP contribution in [0.2, 0.25) is 0 Å². The third-order valence-corrected chi connectivity index (χ3v) is 7.12. The molecule has 7 rings (SSSR count). The van der Waals surface area contributed by atoms with Crippen LogP contribution in [0.15, 0.2) is 121 Å². The molecule has 0 fully saturated rings. The lowest BCUT2D eigenvalue weighted by Gasteiger charge is -2.13. The minimum Gasteiger partial charge on any atom is -0.308 e. The number of hydrogen-bond acceptors (Lipinski definition) is 5. The third kappa shape index (κ3) is 4.17. The number of nitriles is 2. The molecular formula is C35H20N6. The Bertz CT molecular complexity index is 2110. The lowest BCUT2D eigenvalue weighted by Crippen LogP contribution is -2.02. The van der Waals surface area contributed by atoms with Gasteiger partial charge in [0.25, 0.3) is 0 Å². The predicted molar refractivity (Wildman–Crippen MR) is 160 cm³/mol. The smallest absolute Gasteiger partial charge is 0.164 e. The average molecular weight is 525 g/mol. The number of nitrogens with zero attached hydrogens (tertiary/aromatic N) is 6. The summed E-state index contributed by atoms with van der Waals surface area (Å²) in [5, 5.41) is 21.6. The quantitative estimate of drug-likeness (QED) is 0.235. The molecule has 0 N–H and O–H groups in total. The molecular weight excluding hydrogens is 504 g/mol. The van der Waals surface area contributed by atoms with Crippen molar-refractivity contribution in [3.8, 4) is 52.0 Å². The molecule has 0 unspecified atom stereocenters. The molecule has 2 heterocycles. The van der Waals surface area contributed by atoms with Gasteiger partial charge in [-0.05, 0) is 42.5 Å². The molecule has 41 heavy (non-hydrogen) atoms. The summed E-state index contributed by atoms with van der Waals surface area (Å²) in [6, 6.07) is 43.6. The van der Waals surface area contributed by atoms with Gasteiger partial charge in [-0.15, -0.1) is 0 Å². The fraction of sp³-hybridized carbons (Fsp3) is 0. The van der Waals surface area contributed by atoms with Crippen LogP contribution < -0.4 is 0 Å². The van der Waals surface area contributed by atoms with Gasteiger partial charge in [0.1, 0.15) is 6.07 Å². The average Bonchev–Trinajstić information content (AvgIpc) is 3.38. The van der Waals surface area contributed by atoms with Crippen molar-refractivity contribution < 1.29 is 0 Å². The molecule has 0 spiro atoms. The van der Waals surface area contributed by atoms with Crippen LogP contribution in [0.1, 0.15) is 11.1 Å². The van der Waals surface area contributed by atoms with Gasteiger partial charge in [0.15, 0.2) is 17.5 Å². The van der Waals surface area contributed by atoms with Crippen LogP contribution in [0.25, 0.3) is 61.7 Å². The van der Waals surface area contributed by atoms with Crippen molar-refractivity contribution in [2.45, 2.75) is 0 Å². The zero-order valence-corrected chi connectivity index (χ0v) is 21.7. The molecule has 0 saturated heterocycles. The Kier molecular flexibility index (Phi) is 5.78. The number of hydrogen-bond donors (Lipinski definition) is 0. The molecule has 2 aromatic heterocycles. The van der Waals surface area contributed by atoms with Gasteiger partial charge < -0.3 is 4.57 Å². The number of aromatic nitrogens is 4. The lowest BCUT2D eigenvalue weighted by atomic mass is 10.1. The Morgan fingerprint density at radius 2 is 1.07 bits per heavy atom. The lowest BCUT2D eigenvalue weighted by molar-refractivity contribution is 1.07. The number of benzene rings is 5. The maximum absolute atomic E-state index is 10.1. The highest BCUT2D eigenvalue weighted by atomic mass is 15.0. The molecule has 0 amide bonds. The highest BCUT2D eigenvalue weighted by molar-refractivity contribution is 6.09. The summed E-state index contributed by atoms with van der Waals surface area (Å²) in [6.07, 6.45) is 0. The van der Waals surface area contributed by atoms with Gasteiger partial charge >= 0.3 is 0 Å². The van der Waals surface area contributed by atoms with Crippen LogP contribution in [0, 0.1) is 22.7 Å². The van der Waals surface area contributed by atoms with E-state index in [4.69, 9.17) is 15.0 Å². The second-order valence-corrected chi connectivity index (χ2v) is 9.58. The molecule has 190 valence electrons. The molecule has 5 aromatic carbocycles. The molecule has 0 aliphatic carbocycles. The minimum atomic E-state index is 0.510. The fourth-order valence-corrected chi connectivity index (χ4v) is 5.19. The summed E-state index contributed by atoms with van der Waals surface area (Å²) in [6.45, 7) is 0. The Balaban J connectivity index is 1.49. The number of rotatable bonds is 4. The van der Waals surface area contributed by atoms with Gasteiger partial charge in [0, 0.05) is 27.5 Å². The Morgan fingerprint density at radius 3 is 1.71 bits per heavy atom. The van der Waals surface area contributed by atoms with Crippen LogP contribution in [0.4, 0.5) is 0 Å². The van der Waals surface area contributed by atoms with E-state index in [-0.39, 0.29) is 0 Å². The van der Waals surface area contributed by atoms with Crippen molar-refractivity contribution in [2.24, 2.45) is 0 Å². The summed E-state index contributed by atoms with van der Waals surface area (Å²) in [5.41, 5.74) is 6.19. The molecule has 0 saturated carbocycles. The van der Waals surface area contributed by atoms with Gasteiger partial charge in [0.05, 0.1) is 33.9 Å². The maximum Gasteiger partial charge on any atom is 0.164 e. The molecule has 6 heteroatoms. The van der Waals surface area contributed by atoms with Crippen molar-refractivity contribution in [3.05, 3.63) is 132 Å². The third-order valence-electron chi connectivity index (χ3n) is 7.12. The van der Waals surface area contributed by atoms with E-state index in [1.807, 2.05) is 115 Å².